The van der Waals surface area contributed by atoms with Crippen LogP contribution in [0.4, 0.5) is 22.7 Å². The number of benzene rings is 2. The Morgan fingerprint density at radius 3 is 2.11 bits per heavy atom. The van der Waals surface area contributed by atoms with Gasteiger partial charge in [0, 0.05) is 0 Å². The van der Waals surface area contributed by atoms with Crippen LogP contribution in [0.15, 0.2) is 48.5 Å². The van der Waals surface area contributed by atoms with Crippen LogP contribution in [-0.2, 0) is 0 Å². The van der Waals surface area contributed by atoms with E-state index in [0.29, 0.717) is 5.69 Å². The average Bonchev–Trinajstić information content (AvgIpc) is 2.34. The molecule has 2 aromatic rings. The zero-order valence-corrected chi connectivity index (χ0v) is 10.2. The van der Waals surface area contributed by atoms with Gasteiger partial charge in [0.15, 0.2) is 0 Å². The summed E-state index contributed by atoms with van der Waals surface area (Å²) < 4.78 is 0. The summed E-state index contributed by atoms with van der Waals surface area (Å²) in [4.78, 5) is 0. The average molecular weight is 243 g/mol. The van der Waals surface area contributed by atoms with Crippen molar-refractivity contribution in [2.24, 2.45) is 0 Å². The van der Waals surface area contributed by atoms with E-state index in [2.05, 4.69) is 10.6 Å². The highest BCUT2D eigenvalue weighted by molar-refractivity contribution is 5.79. The normalized spacial score (nSPS) is 11.9. The van der Waals surface area contributed by atoms with Crippen LogP contribution in [0.3, 0.4) is 0 Å². The zero-order chi connectivity index (χ0) is 13.0. The molecule has 0 aliphatic carbocycles. The topological polar surface area (TPSA) is 70.3 Å². The van der Waals surface area contributed by atoms with E-state index < -0.39 is 6.23 Å². The lowest BCUT2D eigenvalue weighted by molar-refractivity contribution is 0.224. The Kier molecular flexibility index (Phi) is 3.69. The number of nitrogens with two attached hydrogens (primary N) is 1. The lowest BCUT2D eigenvalue weighted by Gasteiger charge is -2.16. The molecule has 2 rings (SSSR count). The van der Waals surface area contributed by atoms with E-state index in [1.807, 2.05) is 48.5 Å². The Morgan fingerprint density at radius 2 is 1.50 bits per heavy atom. The minimum Gasteiger partial charge on any atom is -0.397 e. The maximum atomic E-state index is 9.39. The van der Waals surface area contributed by atoms with E-state index in [-0.39, 0.29) is 0 Å². The minimum absolute atomic E-state index is 0.610. The van der Waals surface area contributed by atoms with Crippen molar-refractivity contribution < 1.29 is 5.11 Å². The summed E-state index contributed by atoms with van der Waals surface area (Å²) in [6, 6.07) is 15.2. The number of hydrogen-bond acceptors (Lipinski definition) is 4. The number of hydrogen-bond donors (Lipinski definition) is 4. The first-order chi connectivity index (χ1) is 8.66. The van der Waals surface area contributed by atoms with Gasteiger partial charge in [0.1, 0.15) is 6.23 Å². The highest BCUT2D eigenvalue weighted by atomic mass is 16.3. The van der Waals surface area contributed by atoms with Crippen molar-refractivity contribution in [3.05, 3.63) is 48.5 Å². The van der Waals surface area contributed by atoms with Crippen molar-refractivity contribution in [1.82, 2.24) is 0 Å². The first-order valence-corrected chi connectivity index (χ1v) is 5.82. The molecule has 4 nitrogen and oxygen atoms in total. The van der Waals surface area contributed by atoms with Crippen LogP contribution in [0, 0.1) is 0 Å². The van der Waals surface area contributed by atoms with Crippen LogP contribution in [0.25, 0.3) is 0 Å². The van der Waals surface area contributed by atoms with Gasteiger partial charge in [-0.3, -0.25) is 0 Å². The Hall–Kier alpha value is -2.20. The van der Waals surface area contributed by atoms with E-state index in [1.54, 1.807) is 6.92 Å². The van der Waals surface area contributed by atoms with Crippen LogP contribution < -0.4 is 16.4 Å². The SMILES string of the molecule is CC(O)Nc1ccccc1Nc1ccccc1N. The third kappa shape index (κ3) is 2.93. The molecular weight excluding hydrogens is 226 g/mol. The van der Waals surface area contributed by atoms with Crippen molar-refractivity contribution in [2.75, 3.05) is 16.4 Å². The monoisotopic (exact) mass is 243 g/mol. The van der Waals surface area contributed by atoms with Crippen LogP contribution >= 0.6 is 0 Å². The summed E-state index contributed by atoms with van der Waals surface area (Å²) in [6.07, 6.45) is -0.610. The summed E-state index contributed by atoms with van der Waals surface area (Å²) >= 11 is 0. The van der Waals surface area contributed by atoms with Gasteiger partial charge in [0.25, 0.3) is 0 Å². The summed E-state index contributed by atoms with van der Waals surface area (Å²) in [6.45, 7) is 1.67. The van der Waals surface area contributed by atoms with Crippen LogP contribution in [0.2, 0.25) is 0 Å². The molecule has 0 aromatic heterocycles. The molecule has 0 aliphatic rings. The largest absolute Gasteiger partial charge is 0.397 e. The molecule has 18 heavy (non-hydrogen) atoms. The number of aliphatic hydroxyl groups excluding tert-OH is 1. The lowest BCUT2D eigenvalue weighted by Crippen LogP contribution is -2.14. The second-order valence-electron chi connectivity index (χ2n) is 4.08. The third-order valence-electron chi connectivity index (χ3n) is 2.52. The summed E-state index contributed by atoms with van der Waals surface area (Å²) in [5.41, 5.74) is 9.12. The molecule has 5 N–H and O–H groups in total. The number of nitrogens with one attached hydrogen (secondary N) is 2. The van der Waals surface area contributed by atoms with E-state index in [1.165, 1.54) is 0 Å². The van der Waals surface area contributed by atoms with Crippen molar-refractivity contribution in [3.63, 3.8) is 0 Å². The Balaban J connectivity index is 2.26. The molecule has 4 heteroatoms. The van der Waals surface area contributed by atoms with Crippen LogP contribution in [-0.4, -0.2) is 11.3 Å². The molecular formula is C14H17N3O. The fraction of sp³-hybridized carbons (Fsp3) is 0.143. The summed E-state index contributed by atoms with van der Waals surface area (Å²) in [5.74, 6) is 0. The number of anilines is 4. The second-order valence-corrected chi connectivity index (χ2v) is 4.08. The molecule has 0 saturated heterocycles. The van der Waals surface area contributed by atoms with Gasteiger partial charge in [-0.25, -0.2) is 0 Å². The Labute approximate surface area is 106 Å². The molecule has 0 heterocycles. The van der Waals surface area contributed by atoms with Gasteiger partial charge in [-0.1, -0.05) is 24.3 Å². The lowest BCUT2D eigenvalue weighted by atomic mass is 10.2. The maximum absolute atomic E-state index is 9.39. The number of para-hydroxylation sites is 4. The van der Waals surface area contributed by atoms with Crippen LogP contribution in [0.1, 0.15) is 6.92 Å². The number of nitrogen functional groups attached to an aromatic ring is 1. The molecule has 0 fully saturated rings. The molecule has 0 aliphatic heterocycles. The molecule has 0 amide bonds. The highest BCUT2D eigenvalue weighted by Gasteiger charge is 2.05. The highest BCUT2D eigenvalue weighted by Crippen LogP contribution is 2.28. The Morgan fingerprint density at radius 1 is 0.944 bits per heavy atom. The van der Waals surface area contributed by atoms with Crippen molar-refractivity contribution in [3.8, 4) is 0 Å². The van der Waals surface area contributed by atoms with E-state index >= 15 is 0 Å². The van der Waals surface area contributed by atoms with Gasteiger partial charge in [-0.05, 0) is 31.2 Å². The van der Waals surface area contributed by atoms with E-state index in [9.17, 15) is 5.11 Å². The predicted molar refractivity (Wildman–Crippen MR) is 75.9 cm³/mol. The van der Waals surface area contributed by atoms with Crippen LogP contribution in [0.5, 0.6) is 0 Å². The predicted octanol–water partition coefficient (Wildman–Crippen LogP) is 2.76. The molecule has 0 spiro atoms. The van der Waals surface area contributed by atoms with Gasteiger partial charge in [0.05, 0.1) is 22.7 Å². The van der Waals surface area contributed by atoms with E-state index in [4.69, 9.17) is 5.73 Å². The van der Waals surface area contributed by atoms with Gasteiger partial charge in [0.2, 0.25) is 0 Å². The molecule has 0 saturated carbocycles. The first-order valence-electron chi connectivity index (χ1n) is 5.82. The quantitative estimate of drug-likeness (QED) is 0.492. The van der Waals surface area contributed by atoms with Gasteiger partial charge in [-0.2, -0.15) is 0 Å². The number of rotatable bonds is 4. The van der Waals surface area contributed by atoms with Gasteiger partial charge in [-0.15, -0.1) is 0 Å². The standard InChI is InChI=1S/C14H17N3O/c1-10(18)16-13-8-4-5-9-14(13)17-12-7-3-2-6-11(12)15/h2-10,16-18H,15H2,1H3. The third-order valence-corrected chi connectivity index (χ3v) is 2.52. The zero-order valence-electron chi connectivity index (χ0n) is 10.2. The van der Waals surface area contributed by atoms with Crippen molar-refractivity contribution in [2.45, 2.75) is 13.2 Å². The molecule has 2 aromatic carbocycles. The molecule has 1 unspecified atom stereocenters. The number of aliphatic hydroxyl groups is 1. The summed E-state index contributed by atoms with van der Waals surface area (Å²) in [7, 11) is 0. The van der Waals surface area contributed by atoms with Crippen molar-refractivity contribution >= 4 is 22.7 Å². The molecule has 1 atom stereocenters. The second kappa shape index (κ2) is 5.42. The first kappa shape index (κ1) is 12.3. The molecule has 0 bridgehead atoms. The summed E-state index contributed by atoms with van der Waals surface area (Å²) in [5, 5.41) is 15.6. The molecule has 94 valence electrons. The minimum atomic E-state index is -0.610. The fourth-order valence-electron chi connectivity index (χ4n) is 1.70. The fourth-order valence-corrected chi connectivity index (χ4v) is 1.70. The Bertz CT molecular complexity index is 526. The van der Waals surface area contributed by atoms with Gasteiger partial charge >= 0.3 is 0 Å². The van der Waals surface area contributed by atoms with Gasteiger partial charge < -0.3 is 21.5 Å². The van der Waals surface area contributed by atoms with E-state index in [0.717, 1.165) is 17.1 Å². The van der Waals surface area contributed by atoms with Crippen molar-refractivity contribution in [1.29, 1.82) is 0 Å². The molecule has 0 radical (unpaired) electrons. The smallest absolute Gasteiger partial charge is 0.121 e. The maximum Gasteiger partial charge on any atom is 0.121 e.